The fourth-order valence-corrected chi connectivity index (χ4v) is 2.53. The first-order chi connectivity index (χ1) is 13.1. The summed E-state index contributed by atoms with van der Waals surface area (Å²) in [5.41, 5.74) is 2.42. The van der Waals surface area contributed by atoms with E-state index in [1.54, 1.807) is 55.8 Å². The first-order valence-electron chi connectivity index (χ1n) is 8.11. The van der Waals surface area contributed by atoms with Gasteiger partial charge >= 0.3 is 0 Å². The summed E-state index contributed by atoms with van der Waals surface area (Å²) in [7, 11) is 3.09. The molecule has 0 unspecified atom stereocenters. The average Bonchev–Trinajstić information content (AvgIpc) is 2.70. The molecule has 1 amide bonds. The van der Waals surface area contributed by atoms with Crippen molar-refractivity contribution < 1.29 is 14.3 Å². The van der Waals surface area contributed by atoms with Crippen LogP contribution in [0.1, 0.15) is 10.5 Å². The highest BCUT2D eigenvalue weighted by atomic mass is 35.5. The maximum Gasteiger partial charge on any atom is 0.274 e. The van der Waals surface area contributed by atoms with Crippen LogP contribution in [-0.4, -0.2) is 25.1 Å². The molecule has 1 heterocycles. The van der Waals surface area contributed by atoms with Crippen LogP contribution in [0.5, 0.6) is 11.5 Å². The summed E-state index contributed by atoms with van der Waals surface area (Å²) in [6.45, 7) is 0. The van der Waals surface area contributed by atoms with E-state index in [0.717, 1.165) is 11.4 Å². The zero-order valence-electron chi connectivity index (χ0n) is 14.8. The molecule has 7 heteroatoms. The number of benzene rings is 2. The van der Waals surface area contributed by atoms with E-state index < -0.39 is 0 Å². The van der Waals surface area contributed by atoms with Gasteiger partial charge in [-0.2, -0.15) is 0 Å². The molecule has 3 aromatic rings. The van der Waals surface area contributed by atoms with Crippen molar-refractivity contribution >= 4 is 34.6 Å². The molecule has 0 aliphatic rings. The number of ether oxygens (including phenoxy) is 2. The monoisotopic (exact) mass is 383 g/mol. The van der Waals surface area contributed by atoms with Crippen LogP contribution in [0.25, 0.3) is 0 Å². The number of aromatic nitrogens is 1. The molecule has 0 saturated carbocycles. The fraction of sp³-hybridized carbons (Fsp3) is 0.100. The highest BCUT2D eigenvalue weighted by molar-refractivity contribution is 6.30. The molecule has 138 valence electrons. The molecular formula is C20H18ClN3O3. The lowest BCUT2D eigenvalue weighted by Crippen LogP contribution is -2.14. The van der Waals surface area contributed by atoms with Gasteiger partial charge in [-0.05, 0) is 48.5 Å². The Morgan fingerprint density at radius 1 is 0.963 bits per heavy atom. The Kier molecular flexibility index (Phi) is 5.78. The van der Waals surface area contributed by atoms with Gasteiger partial charge in [-0.1, -0.05) is 11.6 Å². The number of hydrogen-bond donors (Lipinski definition) is 2. The summed E-state index contributed by atoms with van der Waals surface area (Å²) in [5.74, 6) is 0.798. The summed E-state index contributed by atoms with van der Waals surface area (Å²) < 4.78 is 10.4. The molecule has 0 saturated heterocycles. The SMILES string of the molecule is COc1ccc(OC)c(NC(=O)c2ccc(Nc3ccc(Cl)cc3)cn2)c1. The number of halogens is 1. The quantitative estimate of drug-likeness (QED) is 0.642. The molecule has 1 aromatic heterocycles. The molecule has 3 rings (SSSR count). The van der Waals surface area contributed by atoms with Crippen molar-refractivity contribution in [1.29, 1.82) is 0 Å². The third-order valence-electron chi connectivity index (χ3n) is 3.78. The van der Waals surface area contributed by atoms with Crippen molar-refractivity contribution in [3.05, 3.63) is 71.5 Å². The van der Waals surface area contributed by atoms with Crippen molar-refractivity contribution in [2.24, 2.45) is 0 Å². The lowest BCUT2D eigenvalue weighted by Gasteiger charge is -2.12. The Labute approximate surface area is 162 Å². The Morgan fingerprint density at radius 2 is 1.70 bits per heavy atom. The average molecular weight is 384 g/mol. The first-order valence-corrected chi connectivity index (χ1v) is 8.49. The molecule has 2 aromatic carbocycles. The number of hydrogen-bond acceptors (Lipinski definition) is 5. The molecule has 0 aliphatic heterocycles. The minimum atomic E-state index is -0.348. The van der Waals surface area contributed by atoms with E-state index in [9.17, 15) is 4.79 Å². The van der Waals surface area contributed by atoms with Gasteiger partial charge in [-0.15, -0.1) is 0 Å². The molecule has 0 radical (unpaired) electrons. The third-order valence-corrected chi connectivity index (χ3v) is 4.04. The molecule has 0 fully saturated rings. The maximum absolute atomic E-state index is 12.5. The van der Waals surface area contributed by atoms with Crippen molar-refractivity contribution in [1.82, 2.24) is 4.98 Å². The minimum absolute atomic E-state index is 0.279. The van der Waals surface area contributed by atoms with E-state index in [4.69, 9.17) is 21.1 Å². The van der Waals surface area contributed by atoms with E-state index in [-0.39, 0.29) is 11.6 Å². The minimum Gasteiger partial charge on any atom is -0.497 e. The third kappa shape index (κ3) is 4.68. The topological polar surface area (TPSA) is 72.5 Å². The van der Waals surface area contributed by atoms with Gasteiger partial charge in [-0.3, -0.25) is 4.79 Å². The van der Waals surface area contributed by atoms with Gasteiger partial charge < -0.3 is 20.1 Å². The second-order valence-corrected chi connectivity index (χ2v) is 6.02. The van der Waals surface area contributed by atoms with Gasteiger partial charge in [0.25, 0.3) is 5.91 Å². The van der Waals surface area contributed by atoms with Crippen LogP contribution in [0.2, 0.25) is 5.02 Å². The van der Waals surface area contributed by atoms with Crippen molar-refractivity contribution in [3.8, 4) is 11.5 Å². The summed E-state index contributed by atoms with van der Waals surface area (Å²) in [6.07, 6.45) is 1.59. The number of amides is 1. The van der Waals surface area contributed by atoms with E-state index in [1.165, 1.54) is 7.11 Å². The second kappa shape index (κ2) is 8.42. The van der Waals surface area contributed by atoms with Gasteiger partial charge in [0.05, 0.1) is 31.8 Å². The fourth-order valence-electron chi connectivity index (χ4n) is 2.40. The Hall–Kier alpha value is -3.25. The van der Waals surface area contributed by atoms with Crippen LogP contribution in [0.3, 0.4) is 0 Å². The highest BCUT2D eigenvalue weighted by Crippen LogP contribution is 2.29. The number of anilines is 3. The largest absolute Gasteiger partial charge is 0.497 e. The van der Waals surface area contributed by atoms with Crippen LogP contribution >= 0.6 is 11.6 Å². The molecule has 0 spiro atoms. The normalized spacial score (nSPS) is 10.2. The number of rotatable bonds is 6. The smallest absolute Gasteiger partial charge is 0.274 e. The standard InChI is InChI=1S/C20H18ClN3O3/c1-26-16-8-10-19(27-2)18(11-16)24-20(25)17-9-7-15(12-22-17)23-14-5-3-13(21)4-6-14/h3-12,23H,1-2H3,(H,24,25). The molecule has 6 nitrogen and oxygen atoms in total. The van der Waals surface area contributed by atoms with Crippen molar-refractivity contribution in [3.63, 3.8) is 0 Å². The summed E-state index contributed by atoms with van der Waals surface area (Å²) in [4.78, 5) is 16.7. The summed E-state index contributed by atoms with van der Waals surface area (Å²) >= 11 is 5.88. The summed E-state index contributed by atoms with van der Waals surface area (Å²) in [6, 6.07) is 15.9. The van der Waals surface area contributed by atoms with Crippen molar-refractivity contribution in [2.45, 2.75) is 0 Å². The first kappa shape index (κ1) is 18.5. The molecule has 27 heavy (non-hydrogen) atoms. The predicted molar refractivity (Wildman–Crippen MR) is 106 cm³/mol. The zero-order chi connectivity index (χ0) is 19.2. The Bertz CT molecular complexity index is 928. The van der Waals surface area contributed by atoms with E-state index in [0.29, 0.717) is 22.2 Å². The highest BCUT2D eigenvalue weighted by Gasteiger charge is 2.12. The number of methoxy groups -OCH3 is 2. The van der Waals surface area contributed by atoms with E-state index in [2.05, 4.69) is 15.6 Å². The number of nitrogens with one attached hydrogen (secondary N) is 2. The second-order valence-electron chi connectivity index (χ2n) is 5.58. The number of pyridine rings is 1. The van der Waals surface area contributed by atoms with Crippen LogP contribution in [0.15, 0.2) is 60.8 Å². The maximum atomic E-state index is 12.5. The zero-order valence-corrected chi connectivity index (χ0v) is 15.6. The molecule has 0 bridgehead atoms. The van der Waals surface area contributed by atoms with Gasteiger partial charge in [0.15, 0.2) is 0 Å². The van der Waals surface area contributed by atoms with Crippen LogP contribution < -0.4 is 20.1 Å². The van der Waals surface area contributed by atoms with Gasteiger partial charge in [0, 0.05) is 16.8 Å². The van der Waals surface area contributed by atoms with Crippen LogP contribution in [0, 0.1) is 0 Å². The van der Waals surface area contributed by atoms with E-state index >= 15 is 0 Å². The Balaban J connectivity index is 1.71. The number of carbonyl (C=O) groups is 1. The number of carbonyl (C=O) groups excluding carboxylic acids is 1. The van der Waals surface area contributed by atoms with Gasteiger partial charge in [0.2, 0.25) is 0 Å². The van der Waals surface area contributed by atoms with Gasteiger partial charge in [-0.25, -0.2) is 4.98 Å². The lowest BCUT2D eigenvalue weighted by atomic mass is 10.2. The number of nitrogens with zero attached hydrogens (tertiary/aromatic N) is 1. The van der Waals surface area contributed by atoms with Crippen molar-refractivity contribution in [2.75, 3.05) is 24.9 Å². The molecule has 2 N–H and O–H groups in total. The van der Waals surface area contributed by atoms with E-state index in [1.807, 2.05) is 12.1 Å². The molecule has 0 aliphatic carbocycles. The van der Waals surface area contributed by atoms with Crippen LogP contribution in [0.4, 0.5) is 17.1 Å². The molecular weight excluding hydrogens is 366 g/mol. The Morgan fingerprint density at radius 3 is 2.33 bits per heavy atom. The predicted octanol–water partition coefficient (Wildman–Crippen LogP) is 4.75. The summed E-state index contributed by atoms with van der Waals surface area (Å²) in [5, 5.41) is 6.64. The lowest BCUT2D eigenvalue weighted by molar-refractivity contribution is 0.102. The van der Waals surface area contributed by atoms with Gasteiger partial charge in [0.1, 0.15) is 17.2 Å². The van der Waals surface area contributed by atoms with Crippen LogP contribution in [-0.2, 0) is 0 Å². The molecule has 0 atom stereocenters.